The molecule has 3 atom stereocenters. The average Bonchev–Trinajstić information content (AvgIpc) is 3.16. The lowest BCUT2D eigenvalue weighted by molar-refractivity contribution is -0.156. The molecule has 1 aromatic heterocycles. The molecule has 0 amide bonds. The number of carbonyl (C=O) groups excluding carboxylic acids is 1. The smallest absolute Gasteiger partial charge is 0.221 e. The Morgan fingerprint density at radius 2 is 2.17 bits per heavy atom. The first-order chi connectivity index (χ1) is 11.2. The maximum atomic E-state index is 12.0. The highest BCUT2D eigenvalue weighted by molar-refractivity contribution is 7.71. The number of carbonyl (C=O) groups is 1. The first-order valence-corrected chi connectivity index (χ1v) is 7.57. The van der Waals surface area contributed by atoms with E-state index in [0.717, 1.165) is 0 Å². The van der Waals surface area contributed by atoms with E-state index in [1.807, 2.05) is 24.3 Å². The SMILES string of the molecule is COc1ccccc1-n1nnn([C@@H]2CC(=O)[C@H]3OC[C@@H]2O3)c1=S. The maximum Gasteiger partial charge on any atom is 0.221 e. The van der Waals surface area contributed by atoms with Crippen LogP contribution in [0.25, 0.3) is 5.69 Å². The number of hydrogen-bond donors (Lipinski definition) is 0. The zero-order valence-corrected chi connectivity index (χ0v) is 13.1. The number of aromatic nitrogens is 4. The summed E-state index contributed by atoms with van der Waals surface area (Å²) >= 11 is 5.49. The minimum Gasteiger partial charge on any atom is -0.494 e. The molecule has 0 aliphatic carbocycles. The summed E-state index contributed by atoms with van der Waals surface area (Å²) in [6, 6.07) is 7.07. The van der Waals surface area contributed by atoms with E-state index in [-0.39, 0.29) is 24.3 Å². The van der Waals surface area contributed by atoms with Crippen molar-refractivity contribution >= 4 is 18.0 Å². The largest absolute Gasteiger partial charge is 0.494 e. The molecule has 0 spiro atoms. The molecule has 2 saturated heterocycles. The van der Waals surface area contributed by atoms with Crippen LogP contribution in [-0.2, 0) is 14.3 Å². The van der Waals surface area contributed by atoms with Crippen molar-refractivity contribution in [3.05, 3.63) is 29.0 Å². The second-order valence-corrected chi connectivity index (χ2v) is 5.73. The molecule has 2 fully saturated rings. The van der Waals surface area contributed by atoms with Crippen LogP contribution in [0.4, 0.5) is 0 Å². The predicted molar refractivity (Wildman–Crippen MR) is 80.0 cm³/mol. The first-order valence-electron chi connectivity index (χ1n) is 7.16. The van der Waals surface area contributed by atoms with Crippen molar-refractivity contribution in [2.75, 3.05) is 13.7 Å². The van der Waals surface area contributed by atoms with E-state index in [4.69, 9.17) is 26.4 Å². The third-order valence-corrected chi connectivity index (χ3v) is 4.40. The number of fused-ring (bicyclic) bond motifs is 2. The highest BCUT2D eigenvalue weighted by Gasteiger charge is 2.45. The molecule has 4 rings (SSSR count). The van der Waals surface area contributed by atoms with Crippen molar-refractivity contribution in [1.82, 2.24) is 19.8 Å². The summed E-state index contributed by atoms with van der Waals surface area (Å²) in [6.45, 7) is 0.352. The molecule has 0 radical (unpaired) electrons. The van der Waals surface area contributed by atoms with Gasteiger partial charge in [0.1, 0.15) is 17.5 Å². The summed E-state index contributed by atoms with van der Waals surface area (Å²) in [4.78, 5) is 12.0. The number of Topliss-reactive ketones (excluding diaryl/α,β-unsaturated/α-hetero) is 1. The van der Waals surface area contributed by atoms with Gasteiger partial charge in [-0.3, -0.25) is 4.79 Å². The van der Waals surface area contributed by atoms with Crippen molar-refractivity contribution in [1.29, 1.82) is 0 Å². The van der Waals surface area contributed by atoms with Gasteiger partial charge in [-0.2, -0.15) is 4.68 Å². The van der Waals surface area contributed by atoms with Gasteiger partial charge in [-0.25, -0.2) is 4.68 Å². The van der Waals surface area contributed by atoms with Crippen molar-refractivity contribution in [3.63, 3.8) is 0 Å². The molecule has 9 heteroatoms. The molecule has 0 unspecified atom stereocenters. The third-order valence-electron chi connectivity index (χ3n) is 4.04. The van der Waals surface area contributed by atoms with Crippen molar-refractivity contribution in [2.24, 2.45) is 0 Å². The number of tetrazole rings is 1. The first kappa shape index (κ1) is 14.5. The lowest BCUT2D eigenvalue weighted by Crippen LogP contribution is -2.37. The van der Waals surface area contributed by atoms with Crippen LogP contribution < -0.4 is 4.74 Å². The summed E-state index contributed by atoms with van der Waals surface area (Å²) in [5.41, 5.74) is 0.690. The fourth-order valence-electron chi connectivity index (χ4n) is 2.89. The van der Waals surface area contributed by atoms with E-state index in [1.54, 1.807) is 11.8 Å². The van der Waals surface area contributed by atoms with Crippen LogP contribution in [0.2, 0.25) is 0 Å². The quantitative estimate of drug-likeness (QED) is 0.777. The molecular weight excluding hydrogens is 320 g/mol. The van der Waals surface area contributed by atoms with Gasteiger partial charge in [-0.05, 0) is 34.8 Å². The van der Waals surface area contributed by atoms with Crippen LogP contribution in [-0.4, -0.2) is 51.7 Å². The number of hydrogen-bond acceptors (Lipinski definition) is 7. The van der Waals surface area contributed by atoms with E-state index in [9.17, 15) is 4.79 Å². The number of para-hydroxylation sites is 2. The fraction of sp³-hybridized carbons (Fsp3) is 0.429. The Hall–Kier alpha value is -2.10. The van der Waals surface area contributed by atoms with Gasteiger partial charge in [0.15, 0.2) is 5.78 Å². The van der Waals surface area contributed by atoms with Crippen LogP contribution in [0.15, 0.2) is 24.3 Å². The highest BCUT2D eigenvalue weighted by atomic mass is 32.1. The topological polar surface area (TPSA) is 80.4 Å². The Morgan fingerprint density at radius 1 is 1.35 bits per heavy atom. The predicted octanol–water partition coefficient (Wildman–Crippen LogP) is 1.06. The summed E-state index contributed by atoms with van der Waals surface area (Å²) in [5.74, 6) is 0.536. The lowest BCUT2D eigenvalue weighted by Gasteiger charge is -2.25. The Bertz CT molecular complexity index is 817. The van der Waals surface area contributed by atoms with E-state index in [2.05, 4.69) is 10.4 Å². The minimum absolute atomic E-state index is 0.0995. The normalized spacial score (nSPS) is 26.5. The molecule has 2 bridgehead atoms. The Balaban J connectivity index is 1.74. The third kappa shape index (κ3) is 2.28. The average molecular weight is 334 g/mol. The van der Waals surface area contributed by atoms with E-state index < -0.39 is 6.29 Å². The van der Waals surface area contributed by atoms with Gasteiger partial charge in [0.25, 0.3) is 0 Å². The van der Waals surface area contributed by atoms with Crippen molar-refractivity contribution in [2.45, 2.75) is 24.9 Å². The van der Waals surface area contributed by atoms with E-state index in [1.165, 1.54) is 4.68 Å². The summed E-state index contributed by atoms with van der Waals surface area (Å²) in [7, 11) is 1.58. The second-order valence-electron chi connectivity index (χ2n) is 5.37. The van der Waals surface area contributed by atoms with Gasteiger partial charge < -0.3 is 14.2 Å². The molecule has 2 aromatic rings. The van der Waals surface area contributed by atoms with Gasteiger partial charge >= 0.3 is 0 Å². The number of ether oxygens (including phenoxy) is 3. The standard InChI is InChI=1S/C14H14N4O4S/c1-20-11-5-3-2-4-8(11)17-14(23)18(16-15-17)9-6-10(19)13-21-7-12(9)22-13/h2-5,9,12-13H,6-7H2,1H3/t9-,12+,13+/m1/s1. The van der Waals surface area contributed by atoms with E-state index >= 15 is 0 Å². The maximum absolute atomic E-state index is 12.0. The van der Waals surface area contributed by atoms with Crippen LogP contribution in [0.3, 0.4) is 0 Å². The van der Waals surface area contributed by atoms with Crippen LogP contribution >= 0.6 is 12.2 Å². The van der Waals surface area contributed by atoms with Gasteiger partial charge in [-0.1, -0.05) is 12.1 Å². The zero-order valence-electron chi connectivity index (χ0n) is 12.3. The summed E-state index contributed by atoms with van der Waals surface area (Å²) in [5, 5.41) is 8.24. The van der Waals surface area contributed by atoms with Crippen molar-refractivity contribution < 1.29 is 19.0 Å². The highest BCUT2D eigenvalue weighted by Crippen LogP contribution is 2.33. The number of nitrogens with zero attached hydrogens (tertiary/aromatic N) is 4. The number of ketones is 1. The molecule has 2 aliphatic rings. The second kappa shape index (κ2) is 5.52. The number of benzene rings is 1. The van der Waals surface area contributed by atoms with E-state index in [0.29, 0.717) is 22.8 Å². The molecule has 0 saturated carbocycles. The zero-order chi connectivity index (χ0) is 16.0. The van der Waals surface area contributed by atoms with Crippen LogP contribution in [0.1, 0.15) is 12.5 Å². The Morgan fingerprint density at radius 3 is 3.00 bits per heavy atom. The van der Waals surface area contributed by atoms with Gasteiger partial charge in [-0.15, -0.1) is 0 Å². The molecule has 23 heavy (non-hydrogen) atoms. The monoisotopic (exact) mass is 334 g/mol. The minimum atomic E-state index is -0.741. The fourth-order valence-corrected chi connectivity index (χ4v) is 3.20. The summed E-state index contributed by atoms with van der Waals surface area (Å²) in [6.07, 6.45) is -0.712. The molecular formula is C14H14N4O4S. The van der Waals surface area contributed by atoms with Gasteiger partial charge in [0.2, 0.25) is 11.1 Å². The molecule has 8 nitrogen and oxygen atoms in total. The van der Waals surface area contributed by atoms with Crippen LogP contribution in [0, 0.1) is 4.77 Å². The molecule has 1 aromatic carbocycles. The van der Waals surface area contributed by atoms with Gasteiger partial charge in [0, 0.05) is 6.42 Å². The lowest BCUT2D eigenvalue weighted by atomic mass is 10.0. The summed E-state index contributed by atoms with van der Waals surface area (Å²) < 4.78 is 19.6. The van der Waals surface area contributed by atoms with Crippen molar-refractivity contribution in [3.8, 4) is 11.4 Å². The molecule has 2 aliphatic heterocycles. The van der Waals surface area contributed by atoms with Crippen LogP contribution in [0.5, 0.6) is 5.75 Å². The number of methoxy groups -OCH3 is 1. The number of rotatable bonds is 3. The molecule has 120 valence electrons. The Labute approximate surface area is 136 Å². The molecule has 0 N–H and O–H groups in total. The Kier molecular flexibility index (Phi) is 3.47. The molecule has 3 heterocycles. The van der Waals surface area contributed by atoms with Gasteiger partial charge in [0.05, 0.1) is 19.8 Å².